The van der Waals surface area contributed by atoms with Crippen LogP contribution < -0.4 is 4.74 Å². The lowest BCUT2D eigenvalue weighted by Gasteiger charge is -2.07. The average molecular weight is 250 g/mol. The van der Waals surface area contributed by atoms with Crippen LogP contribution in [0, 0.1) is 12.7 Å². The quantitative estimate of drug-likeness (QED) is 0.761. The summed E-state index contributed by atoms with van der Waals surface area (Å²) >= 11 is 0. The average Bonchev–Trinajstić information content (AvgIpc) is 2.38. The van der Waals surface area contributed by atoms with Gasteiger partial charge >= 0.3 is 5.97 Å². The van der Waals surface area contributed by atoms with Gasteiger partial charge in [-0.05, 0) is 19.1 Å². The Morgan fingerprint density at radius 1 is 1.28 bits per heavy atom. The van der Waals surface area contributed by atoms with Crippen LogP contribution in [0.4, 0.5) is 4.39 Å². The number of carbonyl (C=O) groups excluding carboxylic acids is 1. The maximum absolute atomic E-state index is 13.4. The van der Waals surface area contributed by atoms with Gasteiger partial charge in [0.15, 0.2) is 5.65 Å². The highest BCUT2D eigenvalue weighted by Crippen LogP contribution is 2.23. The van der Waals surface area contributed by atoms with Crippen LogP contribution in [-0.4, -0.2) is 30.2 Å². The predicted octanol–water partition coefficient (Wildman–Crippen LogP) is 1.87. The molecule has 0 radical (unpaired) electrons. The normalized spacial score (nSPS) is 10.4. The number of rotatable bonds is 2. The Morgan fingerprint density at radius 3 is 2.61 bits per heavy atom. The van der Waals surface area contributed by atoms with Crippen molar-refractivity contribution in [1.29, 1.82) is 0 Å². The number of aryl methyl sites for hydroxylation is 1. The minimum Gasteiger partial charge on any atom is -0.480 e. The number of hydrogen-bond donors (Lipinski definition) is 0. The zero-order valence-electron chi connectivity index (χ0n) is 10.2. The molecule has 0 saturated carbocycles. The van der Waals surface area contributed by atoms with Gasteiger partial charge in [-0.1, -0.05) is 0 Å². The molecule has 0 aliphatic rings. The van der Waals surface area contributed by atoms with Crippen LogP contribution in [0.2, 0.25) is 0 Å². The number of esters is 1. The molecule has 2 aromatic heterocycles. The summed E-state index contributed by atoms with van der Waals surface area (Å²) in [5.41, 5.74) is 0.693. The number of methoxy groups -OCH3 is 2. The first-order chi connectivity index (χ1) is 8.56. The fourth-order valence-corrected chi connectivity index (χ4v) is 1.56. The van der Waals surface area contributed by atoms with Gasteiger partial charge in [0.2, 0.25) is 5.88 Å². The van der Waals surface area contributed by atoms with Crippen molar-refractivity contribution in [2.75, 3.05) is 14.2 Å². The molecule has 0 N–H and O–H groups in total. The second-order valence-electron chi connectivity index (χ2n) is 3.64. The van der Waals surface area contributed by atoms with Gasteiger partial charge in [0, 0.05) is 5.39 Å². The standard InChI is InChI=1S/C12H11FN2O3/c1-6-9(13)5-7-4-8(12(16)18-3)11(17-2)15-10(7)14-6/h4-5H,1-3H3. The van der Waals surface area contributed by atoms with Crippen LogP contribution in [0.5, 0.6) is 5.88 Å². The summed E-state index contributed by atoms with van der Waals surface area (Å²) in [5.74, 6) is -0.944. The summed E-state index contributed by atoms with van der Waals surface area (Å²) in [6, 6.07) is 2.72. The molecule has 0 aliphatic carbocycles. The molecule has 5 nitrogen and oxygen atoms in total. The summed E-state index contributed by atoms with van der Waals surface area (Å²) in [6.07, 6.45) is 0. The Morgan fingerprint density at radius 2 is 2.00 bits per heavy atom. The van der Waals surface area contributed by atoms with Crippen LogP contribution in [-0.2, 0) is 4.74 Å². The van der Waals surface area contributed by atoms with Gasteiger partial charge in [0.1, 0.15) is 11.4 Å². The zero-order valence-corrected chi connectivity index (χ0v) is 10.2. The smallest absolute Gasteiger partial charge is 0.343 e. The molecule has 0 spiro atoms. The highest BCUT2D eigenvalue weighted by molar-refractivity contribution is 5.95. The van der Waals surface area contributed by atoms with Gasteiger partial charge in [-0.15, -0.1) is 0 Å². The molecule has 0 unspecified atom stereocenters. The lowest BCUT2D eigenvalue weighted by atomic mass is 10.2. The first-order valence-electron chi connectivity index (χ1n) is 5.17. The van der Waals surface area contributed by atoms with Gasteiger partial charge in [-0.25, -0.2) is 14.2 Å². The number of hydrogen-bond acceptors (Lipinski definition) is 5. The number of fused-ring (bicyclic) bond motifs is 1. The molecule has 94 valence electrons. The molecule has 2 aromatic rings. The fourth-order valence-electron chi connectivity index (χ4n) is 1.56. The van der Waals surface area contributed by atoms with E-state index in [0.29, 0.717) is 11.0 Å². The van der Waals surface area contributed by atoms with Crippen LogP contribution in [0.3, 0.4) is 0 Å². The molecule has 18 heavy (non-hydrogen) atoms. The lowest BCUT2D eigenvalue weighted by Crippen LogP contribution is -2.06. The molecule has 0 aliphatic heterocycles. The van der Waals surface area contributed by atoms with Crippen molar-refractivity contribution < 1.29 is 18.7 Å². The first kappa shape index (κ1) is 12.2. The highest BCUT2D eigenvalue weighted by atomic mass is 19.1. The van der Waals surface area contributed by atoms with Gasteiger partial charge in [0.25, 0.3) is 0 Å². The molecule has 0 atom stereocenters. The van der Waals surface area contributed by atoms with Crippen molar-refractivity contribution in [1.82, 2.24) is 9.97 Å². The van der Waals surface area contributed by atoms with Crippen molar-refractivity contribution in [2.24, 2.45) is 0 Å². The number of pyridine rings is 2. The summed E-state index contributed by atoms with van der Waals surface area (Å²) in [7, 11) is 2.64. The van der Waals surface area contributed by atoms with Gasteiger partial charge in [0.05, 0.1) is 19.9 Å². The summed E-state index contributed by atoms with van der Waals surface area (Å²) in [6.45, 7) is 1.54. The lowest BCUT2D eigenvalue weighted by molar-refractivity contribution is 0.0596. The van der Waals surface area contributed by atoms with Crippen LogP contribution in [0.25, 0.3) is 11.0 Å². The minimum atomic E-state index is -0.595. The number of nitrogens with zero attached hydrogens (tertiary/aromatic N) is 2. The SMILES string of the molecule is COC(=O)c1cc2cc(F)c(C)nc2nc1OC. The van der Waals surface area contributed by atoms with Gasteiger partial charge in [-0.3, -0.25) is 0 Å². The summed E-state index contributed by atoms with van der Waals surface area (Å²) in [4.78, 5) is 19.6. The van der Waals surface area contributed by atoms with E-state index in [1.165, 1.54) is 33.3 Å². The van der Waals surface area contributed by atoms with Crippen LogP contribution in [0.1, 0.15) is 16.1 Å². The molecule has 0 aromatic carbocycles. The molecule has 0 bridgehead atoms. The molecule has 0 fully saturated rings. The number of ether oxygens (including phenoxy) is 2. The molecule has 0 amide bonds. The molecular formula is C12H11FN2O3. The topological polar surface area (TPSA) is 61.3 Å². The number of carbonyl (C=O) groups is 1. The van der Waals surface area contributed by atoms with Gasteiger partial charge in [-0.2, -0.15) is 4.98 Å². The van der Waals surface area contributed by atoms with Crippen LogP contribution >= 0.6 is 0 Å². The fraction of sp³-hybridized carbons (Fsp3) is 0.250. The molecular weight excluding hydrogens is 239 g/mol. The second-order valence-corrected chi connectivity index (χ2v) is 3.64. The third kappa shape index (κ3) is 1.97. The predicted molar refractivity (Wildman–Crippen MR) is 62.1 cm³/mol. The minimum absolute atomic E-state index is 0.104. The van der Waals surface area contributed by atoms with E-state index < -0.39 is 11.8 Å². The third-order valence-corrected chi connectivity index (χ3v) is 2.50. The van der Waals surface area contributed by atoms with E-state index in [1.807, 2.05) is 0 Å². The van der Waals surface area contributed by atoms with E-state index in [9.17, 15) is 9.18 Å². The maximum atomic E-state index is 13.4. The van der Waals surface area contributed by atoms with E-state index in [2.05, 4.69) is 14.7 Å². The number of halogens is 1. The van der Waals surface area contributed by atoms with Crippen LogP contribution in [0.15, 0.2) is 12.1 Å². The zero-order chi connectivity index (χ0) is 13.3. The van der Waals surface area contributed by atoms with E-state index >= 15 is 0 Å². The Kier molecular flexibility index (Phi) is 3.10. The molecule has 6 heteroatoms. The Hall–Kier alpha value is -2.24. The van der Waals surface area contributed by atoms with Crippen molar-refractivity contribution in [3.63, 3.8) is 0 Å². The Balaban J connectivity index is 2.73. The first-order valence-corrected chi connectivity index (χ1v) is 5.17. The summed E-state index contributed by atoms with van der Waals surface area (Å²) < 4.78 is 23.0. The second kappa shape index (κ2) is 4.56. The Bertz CT molecular complexity index is 628. The summed E-state index contributed by atoms with van der Waals surface area (Å²) in [5, 5.41) is 0.416. The van der Waals surface area contributed by atoms with E-state index in [-0.39, 0.29) is 17.1 Å². The van der Waals surface area contributed by atoms with Gasteiger partial charge < -0.3 is 9.47 Å². The Labute approximate surface area is 103 Å². The van der Waals surface area contributed by atoms with Crippen molar-refractivity contribution in [2.45, 2.75) is 6.92 Å². The van der Waals surface area contributed by atoms with E-state index in [0.717, 1.165) is 0 Å². The third-order valence-electron chi connectivity index (χ3n) is 2.50. The number of aromatic nitrogens is 2. The molecule has 0 saturated heterocycles. The van der Waals surface area contributed by atoms with Crippen molar-refractivity contribution >= 4 is 17.0 Å². The molecule has 2 heterocycles. The van der Waals surface area contributed by atoms with E-state index in [4.69, 9.17) is 4.74 Å². The van der Waals surface area contributed by atoms with Crippen molar-refractivity contribution in [3.8, 4) is 5.88 Å². The maximum Gasteiger partial charge on any atom is 0.343 e. The highest BCUT2D eigenvalue weighted by Gasteiger charge is 2.17. The largest absolute Gasteiger partial charge is 0.480 e. The van der Waals surface area contributed by atoms with Crippen molar-refractivity contribution in [3.05, 3.63) is 29.2 Å². The van der Waals surface area contributed by atoms with E-state index in [1.54, 1.807) is 0 Å². The monoisotopic (exact) mass is 250 g/mol. The molecule has 2 rings (SSSR count).